The minimum Gasteiger partial charge on any atom is -0.468 e. The number of methoxy groups -OCH3 is 2. The molecule has 1 aromatic rings. The molecule has 0 saturated carbocycles. The number of hydrogen-bond donors (Lipinski definition) is 0. The zero-order valence-electron chi connectivity index (χ0n) is 16.1. The lowest BCUT2D eigenvalue weighted by atomic mass is 9.60. The number of carbonyl (C=O) groups excluding carboxylic acids is 2. The average Bonchev–Trinajstić information content (AvgIpc) is 3.12. The number of carbonyl (C=O) groups is 2. The van der Waals surface area contributed by atoms with Gasteiger partial charge >= 0.3 is 11.9 Å². The number of ether oxygens (including phenoxy) is 4. The number of esters is 2. The van der Waals surface area contributed by atoms with Gasteiger partial charge in [-0.3, -0.25) is 9.59 Å². The number of rotatable bonds is 5. The average molecular weight is 374 g/mol. The normalized spacial score (nSPS) is 22.8. The largest absolute Gasteiger partial charge is 0.468 e. The maximum absolute atomic E-state index is 12.9. The first-order valence-electron chi connectivity index (χ1n) is 9.10. The molecule has 0 aromatic heterocycles. The Morgan fingerprint density at radius 1 is 1.15 bits per heavy atom. The molecule has 1 aromatic carbocycles. The standard InChI is InChI=1S/C21H26O6/c1-14-16-8-6-5-7-15(16)13-21(18(22)24-3,19(23)25-4)17(14)9-10-20(2)26-11-12-27-20/h5-8,17H,1,9-13H2,2-4H3. The van der Waals surface area contributed by atoms with Gasteiger partial charge in [0.05, 0.1) is 27.4 Å². The summed E-state index contributed by atoms with van der Waals surface area (Å²) in [4.78, 5) is 25.8. The summed E-state index contributed by atoms with van der Waals surface area (Å²) < 4.78 is 21.5. The summed E-state index contributed by atoms with van der Waals surface area (Å²) in [5.41, 5.74) is 1.11. The fraction of sp³-hybridized carbons (Fsp3) is 0.524. The smallest absolute Gasteiger partial charge is 0.324 e. The van der Waals surface area contributed by atoms with Gasteiger partial charge in [-0.1, -0.05) is 30.8 Å². The molecule has 2 aliphatic rings. The molecule has 0 N–H and O–H groups in total. The van der Waals surface area contributed by atoms with E-state index < -0.39 is 29.1 Å². The molecule has 146 valence electrons. The van der Waals surface area contributed by atoms with Gasteiger partial charge < -0.3 is 18.9 Å². The zero-order valence-corrected chi connectivity index (χ0v) is 16.1. The summed E-state index contributed by atoms with van der Waals surface area (Å²) >= 11 is 0. The van der Waals surface area contributed by atoms with E-state index in [1.54, 1.807) is 0 Å². The van der Waals surface area contributed by atoms with Crippen molar-refractivity contribution in [3.8, 4) is 0 Å². The predicted octanol–water partition coefficient (Wildman–Crippen LogP) is 2.75. The van der Waals surface area contributed by atoms with E-state index >= 15 is 0 Å². The fourth-order valence-electron chi connectivity index (χ4n) is 4.30. The van der Waals surface area contributed by atoms with Crippen LogP contribution in [0.1, 0.15) is 30.9 Å². The van der Waals surface area contributed by atoms with Gasteiger partial charge in [0.1, 0.15) is 0 Å². The van der Waals surface area contributed by atoms with Crippen molar-refractivity contribution in [2.24, 2.45) is 11.3 Å². The first-order chi connectivity index (χ1) is 12.9. The summed E-state index contributed by atoms with van der Waals surface area (Å²) in [7, 11) is 2.58. The van der Waals surface area contributed by atoms with Gasteiger partial charge in [-0.25, -0.2) is 0 Å². The molecule has 3 rings (SSSR count). The zero-order chi connectivity index (χ0) is 19.7. The molecule has 1 unspecified atom stereocenters. The molecule has 6 heteroatoms. The summed E-state index contributed by atoms with van der Waals surface area (Å²) in [5, 5.41) is 0. The van der Waals surface area contributed by atoms with Crippen LogP contribution >= 0.6 is 0 Å². The van der Waals surface area contributed by atoms with Crippen molar-refractivity contribution in [2.75, 3.05) is 27.4 Å². The van der Waals surface area contributed by atoms with Crippen molar-refractivity contribution in [2.45, 2.75) is 32.0 Å². The quantitative estimate of drug-likeness (QED) is 0.583. The van der Waals surface area contributed by atoms with Gasteiger partial charge in [0, 0.05) is 18.8 Å². The van der Waals surface area contributed by atoms with Crippen molar-refractivity contribution < 1.29 is 28.5 Å². The Balaban J connectivity index is 2.04. The molecule has 1 aliphatic carbocycles. The Hall–Kier alpha value is -2.18. The topological polar surface area (TPSA) is 71.1 Å². The minimum absolute atomic E-state index is 0.213. The van der Waals surface area contributed by atoms with Crippen molar-refractivity contribution in [3.63, 3.8) is 0 Å². The van der Waals surface area contributed by atoms with E-state index in [0.29, 0.717) is 26.1 Å². The Labute approximate surface area is 159 Å². The summed E-state index contributed by atoms with van der Waals surface area (Å²) in [6, 6.07) is 7.68. The lowest BCUT2D eigenvalue weighted by Crippen LogP contribution is -2.51. The molecular formula is C21H26O6. The molecule has 0 amide bonds. The first kappa shape index (κ1) is 19.6. The van der Waals surface area contributed by atoms with Crippen LogP contribution in [0.5, 0.6) is 0 Å². The second-order valence-electron chi connectivity index (χ2n) is 7.24. The van der Waals surface area contributed by atoms with Crippen LogP contribution in [0.2, 0.25) is 0 Å². The van der Waals surface area contributed by atoms with Crippen molar-refractivity contribution in [1.29, 1.82) is 0 Å². The molecule has 1 saturated heterocycles. The van der Waals surface area contributed by atoms with Crippen LogP contribution in [0, 0.1) is 11.3 Å². The first-order valence-corrected chi connectivity index (χ1v) is 9.10. The highest BCUT2D eigenvalue weighted by Crippen LogP contribution is 2.50. The van der Waals surface area contributed by atoms with Gasteiger partial charge in [-0.05, 0) is 30.0 Å². The van der Waals surface area contributed by atoms with E-state index in [0.717, 1.165) is 16.7 Å². The predicted molar refractivity (Wildman–Crippen MR) is 98.7 cm³/mol. The van der Waals surface area contributed by atoms with Gasteiger partial charge in [0.2, 0.25) is 0 Å². The number of hydrogen-bond acceptors (Lipinski definition) is 6. The van der Waals surface area contributed by atoms with E-state index in [9.17, 15) is 9.59 Å². The maximum atomic E-state index is 12.9. The van der Waals surface area contributed by atoms with Crippen LogP contribution in [0.4, 0.5) is 0 Å². The monoisotopic (exact) mass is 374 g/mol. The SMILES string of the molecule is C=C1c2ccccc2CC(C(=O)OC)(C(=O)OC)C1CCC1(C)OCCO1. The minimum atomic E-state index is -1.47. The fourth-order valence-corrected chi connectivity index (χ4v) is 4.30. The van der Waals surface area contributed by atoms with Crippen LogP contribution < -0.4 is 0 Å². The summed E-state index contributed by atoms with van der Waals surface area (Å²) in [6.45, 7) is 7.17. The van der Waals surface area contributed by atoms with Crippen molar-refractivity contribution >= 4 is 17.5 Å². The highest BCUT2D eigenvalue weighted by atomic mass is 16.7. The van der Waals surface area contributed by atoms with Crippen molar-refractivity contribution in [1.82, 2.24) is 0 Å². The third-order valence-corrected chi connectivity index (χ3v) is 5.73. The van der Waals surface area contributed by atoms with E-state index in [2.05, 4.69) is 6.58 Å². The molecule has 1 aliphatic heterocycles. The molecule has 1 atom stereocenters. The lowest BCUT2D eigenvalue weighted by molar-refractivity contribution is -0.175. The van der Waals surface area contributed by atoms with E-state index in [1.165, 1.54) is 14.2 Å². The van der Waals surface area contributed by atoms with Crippen LogP contribution in [0.3, 0.4) is 0 Å². The van der Waals surface area contributed by atoms with Crippen LogP contribution in [0.15, 0.2) is 30.8 Å². The Kier molecular flexibility index (Phi) is 5.40. The molecule has 0 spiro atoms. The molecular weight excluding hydrogens is 348 g/mol. The van der Waals surface area contributed by atoms with Gasteiger partial charge in [-0.2, -0.15) is 0 Å². The summed E-state index contributed by atoms with van der Waals surface area (Å²) in [5.74, 6) is -2.41. The van der Waals surface area contributed by atoms with E-state index in [1.807, 2.05) is 31.2 Å². The van der Waals surface area contributed by atoms with Crippen molar-refractivity contribution in [3.05, 3.63) is 42.0 Å². The second-order valence-corrected chi connectivity index (χ2v) is 7.24. The lowest BCUT2D eigenvalue weighted by Gasteiger charge is -2.42. The third-order valence-electron chi connectivity index (χ3n) is 5.73. The molecule has 27 heavy (non-hydrogen) atoms. The molecule has 1 heterocycles. The molecule has 0 bridgehead atoms. The van der Waals surface area contributed by atoms with Gasteiger partial charge in [0.25, 0.3) is 0 Å². The van der Waals surface area contributed by atoms with E-state index in [-0.39, 0.29) is 6.42 Å². The Bertz CT molecular complexity index is 731. The maximum Gasteiger partial charge on any atom is 0.324 e. The highest BCUT2D eigenvalue weighted by Gasteiger charge is 2.58. The molecule has 0 radical (unpaired) electrons. The molecule has 1 fully saturated rings. The molecule has 6 nitrogen and oxygen atoms in total. The number of allylic oxidation sites excluding steroid dienone is 1. The number of benzene rings is 1. The van der Waals surface area contributed by atoms with E-state index in [4.69, 9.17) is 18.9 Å². The van der Waals surface area contributed by atoms with Crippen LogP contribution in [-0.4, -0.2) is 45.2 Å². The highest BCUT2D eigenvalue weighted by molar-refractivity contribution is 6.04. The summed E-state index contributed by atoms with van der Waals surface area (Å²) in [6.07, 6.45) is 1.22. The Morgan fingerprint density at radius 3 is 2.33 bits per heavy atom. The van der Waals surface area contributed by atoms with Crippen LogP contribution in [-0.2, 0) is 35.0 Å². The third kappa shape index (κ3) is 3.28. The second kappa shape index (κ2) is 7.44. The Morgan fingerprint density at radius 2 is 1.74 bits per heavy atom. The van der Waals surface area contributed by atoms with Gasteiger partial charge in [0.15, 0.2) is 11.2 Å². The number of fused-ring (bicyclic) bond motifs is 1. The van der Waals surface area contributed by atoms with Gasteiger partial charge in [-0.15, -0.1) is 0 Å². The van der Waals surface area contributed by atoms with Crippen LogP contribution in [0.25, 0.3) is 5.57 Å².